The molecular formula is C11H14BrFN2S. The smallest absolute Gasteiger partial charge is 0.139 e. The molecule has 16 heavy (non-hydrogen) atoms. The van der Waals surface area contributed by atoms with Crippen LogP contribution in [0.4, 0.5) is 15.8 Å². The van der Waals surface area contributed by atoms with Gasteiger partial charge in [-0.05, 0) is 34.2 Å². The molecule has 0 spiro atoms. The van der Waals surface area contributed by atoms with Crippen molar-refractivity contribution in [2.45, 2.75) is 12.5 Å². The van der Waals surface area contributed by atoms with Crippen LogP contribution in [0.5, 0.6) is 0 Å². The van der Waals surface area contributed by atoms with E-state index in [4.69, 9.17) is 5.73 Å². The zero-order valence-electron chi connectivity index (χ0n) is 9.04. The molecule has 5 heteroatoms. The van der Waals surface area contributed by atoms with Crippen molar-refractivity contribution in [1.29, 1.82) is 0 Å². The molecule has 2 nitrogen and oxygen atoms in total. The normalized spacial score (nSPS) is 20.1. The number of halogens is 2. The van der Waals surface area contributed by atoms with Crippen LogP contribution in [0.25, 0.3) is 0 Å². The largest absolute Gasteiger partial charge is 0.397 e. The van der Waals surface area contributed by atoms with Crippen molar-refractivity contribution in [3.05, 3.63) is 22.4 Å². The predicted molar refractivity (Wildman–Crippen MR) is 72.6 cm³/mol. The first-order valence-corrected chi connectivity index (χ1v) is 7.09. The number of nitrogens with two attached hydrogens (primary N) is 1. The Morgan fingerprint density at radius 2 is 2.31 bits per heavy atom. The summed E-state index contributed by atoms with van der Waals surface area (Å²) in [5, 5.41) is 0. The fourth-order valence-corrected chi connectivity index (χ4v) is 3.51. The third-order valence-corrected chi connectivity index (χ3v) is 4.66. The highest BCUT2D eigenvalue weighted by Crippen LogP contribution is 2.32. The summed E-state index contributed by atoms with van der Waals surface area (Å²) in [7, 11) is 1.98. The minimum atomic E-state index is -0.262. The molecule has 1 aliphatic rings. The zero-order chi connectivity index (χ0) is 11.7. The van der Waals surface area contributed by atoms with E-state index in [0.717, 1.165) is 17.9 Å². The van der Waals surface area contributed by atoms with Gasteiger partial charge in [-0.3, -0.25) is 0 Å². The van der Waals surface area contributed by atoms with E-state index in [0.29, 0.717) is 16.2 Å². The Morgan fingerprint density at radius 3 is 2.94 bits per heavy atom. The van der Waals surface area contributed by atoms with Gasteiger partial charge in [-0.1, -0.05) is 0 Å². The molecular weight excluding hydrogens is 291 g/mol. The van der Waals surface area contributed by atoms with Crippen LogP contribution in [0.2, 0.25) is 0 Å². The third kappa shape index (κ3) is 2.30. The zero-order valence-corrected chi connectivity index (χ0v) is 11.4. The lowest BCUT2D eigenvalue weighted by molar-refractivity contribution is 0.618. The van der Waals surface area contributed by atoms with Gasteiger partial charge < -0.3 is 10.6 Å². The Balaban J connectivity index is 2.28. The van der Waals surface area contributed by atoms with Gasteiger partial charge in [0.25, 0.3) is 0 Å². The van der Waals surface area contributed by atoms with Crippen LogP contribution in [0.15, 0.2) is 16.6 Å². The summed E-state index contributed by atoms with van der Waals surface area (Å²) in [6, 6.07) is 3.60. The van der Waals surface area contributed by atoms with Crippen molar-refractivity contribution < 1.29 is 4.39 Å². The highest BCUT2D eigenvalue weighted by Gasteiger charge is 2.22. The van der Waals surface area contributed by atoms with E-state index in [1.54, 1.807) is 6.07 Å². The van der Waals surface area contributed by atoms with Gasteiger partial charge in [0.2, 0.25) is 0 Å². The SMILES string of the molecule is CN(c1cc(F)c(Br)cc1N)C1CCSC1. The Morgan fingerprint density at radius 1 is 1.56 bits per heavy atom. The van der Waals surface area contributed by atoms with E-state index < -0.39 is 0 Å². The molecule has 1 heterocycles. The molecule has 0 aromatic heterocycles. The number of nitrogens with zero attached hydrogens (tertiary/aromatic N) is 1. The first-order chi connectivity index (χ1) is 7.59. The minimum absolute atomic E-state index is 0.262. The molecule has 1 atom stereocenters. The second kappa shape index (κ2) is 4.84. The van der Waals surface area contributed by atoms with E-state index >= 15 is 0 Å². The quantitative estimate of drug-likeness (QED) is 0.851. The molecule has 0 bridgehead atoms. The molecule has 1 aliphatic heterocycles. The molecule has 2 N–H and O–H groups in total. The highest BCUT2D eigenvalue weighted by molar-refractivity contribution is 9.10. The van der Waals surface area contributed by atoms with Gasteiger partial charge in [0.1, 0.15) is 5.82 Å². The molecule has 88 valence electrons. The van der Waals surface area contributed by atoms with Gasteiger partial charge in [-0.2, -0.15) is 11.8 Å². The lowest BCUT2D eigenvalue weighted by Crippen LogP contribution is -2.31. The van der Waals surface area contributed by atoms with E-state index in [-0.39, 0.29) is 5.82 Å². The summed E-state index contributed by atoms with van der Waals surface area (Å²) in [4.78, 5) is 2.09. The van der Waals surface area contributed by atoms with Crippen molar-refractivity contribution >= 4 is 39.1 Å². The molecule has 0 radical (unpaired) electrons. The summed E-state index contributed by atoms with van der Waals surface area (Å²) in [5.74, 6) is 2.00. The van der Waals surface area contributed by atoms with Gasteiger partial charge in [-0.15, -0.1) is 0 Å². The summed E-state index contributed by atoms with van der Waals surface area (Å²) in [5.41, 5.74) is 7.32. The second-order valence-electron chi connectivity index (χ2n) is 3.95. The van der Waals surface area contributed by atoms with Gasteiger partial charge >= 0.3 is 0 Å². The average molecular weight is 305 g/mol. The summed E-state index contributed by atoms with van der Waals surface area (Å²) >= 11 is 5.07. The fourth-order valence-electron chi connectivity index (χ4n) is 1.88. The fraction of sp³-hybridized carbons (Fsp3) is 0.455. The summed E-state index contributed by atoms with van der Waals surface area (Å²) < 4.78 is 13.9. The Labute approximate surface area is 108 Å². The maximum atomic E-state index is 13.5. The van der Waals surface area contributed by atoms with Crippen LogP contribution >= 0.6 is 27.7 Å². The highest BCUT2D eigenvalue weighted by atomic mass is 79.9. The number of benzene rings is 1. The summed E-state index contributed by atoms with van der Waals surface area (Å²) in [6.45, 7) is 0. The Bertz CT molecular complexity index is 394. The van der Waals surface area contributed by atoms with E-state index in [1.807, 2.05) is 18.8 Å². The van der Waals surface area contributed by atoms with Crippen molar-refractivity contribution in [2.24, 2.45) is 0 Å². The van der Waals surface area contributed by atoms with Crippen molar-refractivity contribution in [3.63, 3.8) is 0 Å². The first kappa shape index (κ1) is 12.0. The van der Waals surface area contributed by atoms with E-state index in [2.05, 4.69) is 20.8 Å². The standard InChI is InChI=1S/C11H14BrFN2S/c1-15(7-2-3-16-6-7)11-5-9(13)8(12)4-10(11)14/h4-5,7H,2-3,6,14H2,1H3. The summed E-state index contributed by atoms with van der Waals surface area (Å²) in [6.07, 6.45) is 1.14. The van der Waals surface area contributed by atoms with Gasteiger partial charge in [0, 0.05) is 24.9 Å². The van der Waals surface area contributed by atoms with Crippen LogP contribution < -0.4 is 10.6 Å². The van der Waals surface area contributed by atoms with Crippen LogP contribution in [0.3, 0.4) is 0 Å². The number of nitrogen functional groups attached to an aromatic ring is 1. The van der Waals surface area contributed by atoms with Gasteiger partial charge in [-0.25, -0.2) is 4.39 Å². The molecule has 2 rings (SSSR count). The lowest BCUT2D eigenvalue weighted by atomic mass is 10.2. The molecule has 0 amide bonds. The number of anilines is 2. The molecule has 1 saturated heterocycles. The van der Waals surface area contributed by atoms with Gasteiger partial charge in [0.05, 0.1) is 15.8 Å². The van der Waals surface area contributed by atoms with Crippen molar-refractivity contribution in [3.8, 4) is 0 Å². The number of thioether (sulfide) groups is 1. The molecule has 0 aliphatic carbocycles. The van der Waals surface area contributed by atoms with Crippen LogP contribution in [-0.4, -0.2) is 24.6 Å². The molecule has 1 aromatic rings. The van der Waals surface area contributed by atoms with Crippen molar-refractivity contribution in [2.75, 3.05) is 29.2 Å². The number of hydrogen-bond acceptors (Lipinski definition) is 3. The van der Waals surface area contributed by atoms with E-state index in [9.17, 15) is 4.39 Å². The monoisotopic (exact) mass is 304 g/mol. The Hall–Kier alpha value is -0.420. The Kier molecular flexibility index (Phi) is 3.64. The lowest BCUT2D eigenvalue weighted by Gasteiger charge is -2.27. The average Bonchev–Trinajstić information content (AvgIpc) is 2.75. The van der Waals surface area contributed by atoms with Gasteiger partial charge in [0.15, 0.2) is 0 Å². The number of rotatable bonds is 2. The number of hydrogen-bond donors (Lipinski definition) is 1. The molecule has 1 aromatic carbocycles. The minimum Gasteiger partial charge on any atom is -0.397 e. The van der Waals surface area contributed by atoms with Crippen LogP contribution in [0.1, 0.15) is 6.42 Å². The van der Waals surface area contributed by atoms with Crippen LogP contribution in [-0.2, 0) is 0 Å². The molecule has 0 saturated carbocycles. The maximum Gasteiger partial charge on any atom is 0.139 e. The van der Waals surface area contributed by atoms with Crippen molar-refractivity contribution in [1.82, 2.24) is 0 Å². The van der Waals surface area contributed by atoms with E-state index in [1.165, 1.54) is 11.8 Å². The molecule has 1 fully saturated rings. The third-order valence-electron chi connectivity index (χ3n) is 2.90. The first-order valence-electron chi connectivity index (χ1n) is 5.14. The topological polar surface area (TPSA) is 29.3 Å². The second-order valence-corrected chi connectivity index (χ2v) is 5.96. The van der Waals surface area contributed by atoms with Crippen LogP contribution in [0, 0.1) is 5.82 Å². The predicted octanol–water partition coefficient (Wildman–Crippen LogP) is 3.11. The molecule has 1 unspecified atom stereocenters. The maximum absolute atomic E-state index is 13.5.